The van der Waals surface area contributed by atoms with Crippen molar-refractivity contribution in [2.45, 2.75) is 71.1 Å². The number of halogens is 3. The highest BCUT2D eigenvalue weighted by atomic mass is 19.4. The number of carbonyl (C=O) groups is 5. The summed E-state index contributed by atoms with van der Waals surface area (Å²) in [5.41, 5.74) is 3.42. The molecule has 16 heteroatoms. The second kappa shape index (κ2) is 17.1. The second-order valence-electron chi connectivity index (χ2n) is 18.0. The van der Waals surface area contributed by atoms with Gasteiger partial charge in [0.05, 0.1) is 40.0 Å². The second-order valence-corrected chi connectivity index (χ2v) is 18.0. The van der Waals surface area contributed by atoms with Gasteiger partial charge in [0, 0.05) is 31.3 Å². The van der Waals surface area contributed by atoms with Gasteiger partial charge in [-0.25, -0.2) is 4.98 Å². The number of likely N-dealkylation sites (tertiary alicyclic amines) is 1. The molecule has 5 aromatic rings. The van der Waals surface area contributed by atoms with Crippen LogP contribution in [0.4, 0.5) is 24.8 Å². The lowest BCUT2D eigenvalue weighted by atomic mass is 9.70. The number of nitrogens with one attached hydrogen (secondary N) is 2. The van der Waals surface area contributed by atoms with Crippen LogP contribution >= 0.6 is 0 Å². The highest BCUT2D eigenvalue weighted by molar-refractivity contribution is 6.23. The predicted octanol–water partition coefficient (Wildman–Crippen LogP) is 7.86. The van der Waals surface area contributed by atoms with E-state index in [1.807, 2.05) is 48.3 Å². The minimum atomic E-state index is -4.62. The van der Waals surface area contributed by atoms with Gasteiger partial charge in [-0.05, 0) is 135 Å². The van der Waals surface area contributed by atoms with Crippen molar-refractivity contribution in [3.05, 3.63) is 113 Å². The number of hydrogen-bond acceptors (Lipinski definition) is 9. The standard InChI is InChI=1S/C49H50F3N7O6/c1-29-16-17-48(30(29)2)18-20-57(21-19-48)28-31-10-13-40-39(24-31)53-47(55-43(61)32-6-4-7-33(25-32)49(50,51)52)58(40)35-9-5-8-34(26-35)56(3)22-23-65-36-11-12-37-38(27-36)46(64)59(45(37)63)41-14-15-42(60)54-44(41)62/h4-13,24-27,29-30,41H,14-23,28H2,1-3H3,(H,53,55,61)(H,54,60,62). The van der Waals surface area contributed by atoms with Crippen LogP contribution in [-0.4, -0.2) is 88.2 Å². The Morgan fingerprint density at radius 2 is 1.68 bits per heavy atom. The molecule has 3 unspecified atom stereocenters. The molecule has 4 aromatic carbocycles. The van der Waals surface area contributed by atoms with Crippen molar-refractivity contribution in [1.82, 2.24) is 24.7 Å². The van der Waals surface area contributed by atoms with Gasteiger partial charge in [0.1, 0.15) is 18.4 Å². The maximum atomic E-state index is 13.6. The van der Waals surface area contributed by atoms with Gasteiger partial charge in [-0.3, -0.25) is 49.0 Å². The number of fused-ring (bicyclic) bond motifs is 2. The summed E-state index contributed by atoms with van der Waals surface area (Å²) in [6.45, 7) is 8.15. The first-order valence-electron chi connectivity index (χ1n) is 22.1. The molecule has 4 heterocycles. The molecule has 13 nitrogen and oxygen atoms in total. The molecule has 9 rings (SSSR count). The van der Waals surface area contributed by atoms with E-state index in [9.17, 15) is 37.1 Å². The Morgan fingerprint density at radius 1 is 0.908 bits per heavy atom. The number of ether oxygens (including phenoxy) is 1. The maximum absolute atomic E-state index is 13.6. The molecular weight excluding hydrogens is 840 g/mol. The van der Waals surface area contributed by atoms with Crippen molar-refractivity contribution in [2.24, 2.45) is 17.3 Å². The van der Waals surface area contributed by atoms with E-state index in [4.69, 9.17) is 9.72 Å². The number of alkyl halides is 3. The summed E-state index contributed by atoms with van der Waals surface area (Å²) in [6.07, 6.45) is 0.410. The molecule has 338 valence electrons. The fourth-order valence-corrected chi connectivity index (χ4v) is 10.1. The highest BCUT2D eigenvalue weighted by Crippen LogP contribution is 2.53. The smallest absolute Gasteiger partial charge is 0.416 e. The number of aromatic nitrogens is 2. The van der Waals surface area contributed by atoms with Gasteiger partial charge < -0.3 is 9.64 Å². The lowest BCUT2D eigenvalue weighted by Crippen LogP contribution is -2.54. The lowest BCUT2D eigenvalue weighted by molar-refractivity contribution is -0.138. The van der Waals surface area contributed by atoms with Gasteiger partial charge in [-0.15, -0.1) is 0 Å². The zero-order chi connectivity index (χ0) is 45.8. The average Bonchev–Trinajstić information content (AvgIpc) is 3.87. The van der Waals surface area contributed by atoms with E-state index in [0.29, 0.717) is 34.4 Å². The SMILES string of the molecule is CC1CCC2(CCN(Cc3ccc4c(c3)nc(NC(=O)c3cccc(C(F)(F)F)c3)n4-c3cccc(N(C)CCOc4ccc5c(c4)C(=O)N(C4CCC(=O)NC4=O)C5=O)c3)CC2)C1C. The third kappa shape index (κ3) is 8.47. The van der Waals surface area contributed by atoms with Gasteiger partial charge in [0.2, 0.25) is 17.8 Å². The minimum Gasteiger partial charge on any atom is -0.492 e. The molecule has 65 heavy (non-hydrogen) atoms. The minimum absolute atomic E-state index is 0.0217. The summed E-state index contributed by atoms with van der Waals surface area (Å²) in [5.74, 6) is -1.13. The number of imide groups is 2. The van der Waals surface area contributed by atoms with E-state index >= 15 is 0 Å². The van der Waals surface area contributed by atoms with Crippen LogP contribution in [0.1, 0.15) is 94.6 Å². The first-order valence-corrected chi connectivity index (χ1v) is 22.1. The van der Waals surface area contributed by atoms with Crippen LogP contribution in [0.3, 0.4) is 0 Å². The van der Waals surface area contributed by atoms with Gasteiger partial charge >= 0.3 is 6.18 Å². The topological polar surface area (TPSA) is 146 Å². The van der Waals surface area contributed by atoms with E-state index in [-0.39, 0.29) is 42.1 Å². The largest absolute Gasteiger partial charge is 0.492 e. The fourth-order valence-electron chi connectivity index (χ4n) is 10.1. The number of hydrogen-bond donors (Lipinski definition) is 2. The van der Waals surface area contributed by atoms with E-state index in [1.165, 1.54) is 49.9 Å². The summed E-state index contributed by atoms with van der Waals surface area (Å²) >= 11 is 0. The maximum Gasteiger partial charge on any atom is 0.416 e. The molecule has 1 aliphatic carbocycles. The number of amides is 5. The van der Waals surface area contributed by atoms with Crippen LogP contribution in [0.15, 0.2) is 84.9 Å². The lowest BCUT2D eigenvalue weighted by Gasteiger charge is -2.43. The predicted molar refractivity (Wildman–Crippen MR) is 237 cm³/mol. The molecule has 3 atom stereocenters. The molecular formula is C49H50F3N7O6. The Balaban J connectivity index is 0.926. The molecule has 3 fully saturated rings. The van der Waals surface area contributed by atoms with Gasteiger partial charge in [0.25, 0.3) is 17.7 Å². The Hall–Kier alpha value is -6.55. The first kappa shape index (κ1) is 43.7. The van der Waals surface area contributed by atoms with Crippen LogP contribution in [-0.2, 0) is 22.3 Å². The van der Waals surface area contributed by atoms with Crippen LogP contribution in [0.5, 0.6) is 5.75 Å². The third-order valence-electron chi connectivity index (χ3n) is 14.2. The zero-order valence-electron chi connectivity index (χ0n) is 36.4. The quantitative estimate of drug-likeness (QED) is 0.127. The first-order chi connectivity index (χ1) is 31.1. The van der Waals surface area contributed by atoms with Crippen molar-refractivity contribution in [1.29, 1.82) is 0 Å². The Bertz CT molecular complexity index is 2730. The number of imidazole rings is 1. The van der Waals surface area contributed by atoms with Crippen molar-refractivity contribution in [3.8, 4) is 11.4 Å². The summed E-state index contributed by atoms with van der Waals surface area (Å²) < 4.78 is 48.7. The number of anilines is 2. The molecule has 2 saturated heterocycles. The van der Waals surface area contributed by atoms with Crippen LogP contribution in [0, 0.1) is 17.3 Å². The molecule has 4 aliphatic rings. The average molecular weight is 890 g/mol. The number of likely N-dealkylation sites (N-methyl/N-ethyl adjacent to an activating group) is 1. The monoisotopic (exact) mass is 889 g/mol. The summed E-state index contributed by atoms with van der Waals surface area (Å²) in [7, 11) is 1.87. The summed E-state index contributed by atoms with van der Waals surface area (Å²) in [4.78, 5) is 74.4. The van der Waals surface area contributed by atoms with Gasteiger partial charge in [-0.1, -0.05) is 32.0 Å². The molecule has 0 radical (unpaired) electrons. The van der Waals surface area contributed by atoms with Crippen LogP contribution in [0.2, 0.25) is 0 Å². The van der Waals surface area contributed by atoms with Gasteiger partial charge in [-0.2, -0.15) is 13.2 Å². The summed E-state index contributed by atoms with van der Waals surface area (Å²) in [5, 5.41) is 4.99. The van der Waals surface area contributed by atoms with E-state index in [1.54, 1.807) is 10.6 Å². The Labute approximate surface area is 373 Å². The van der Waals surface area contributed by atoms with E-state index < -0.39 is 47.3 Å². The number of nitrogens with zero attached hydrogens (tertiary/aromatic N) is 5. The van der Waals surface area contributed by atoms with E-state index in [0.717, 1.165) is 59.8 Å². The molecule has 3 aliphatic heterocycles. The number of piperidine rings is 2. The van der Waals surface area contributed by atoms with Crippen LogP contribution in [0.25, 0.3) is 16.7 Å². The van der Waals surface area contributed by atoms with Crippen molar-refractivity contribution < 1.29 is 41.9 Å². The normalized spacial score (nSPS) is 21.0. The van der Waals surface area contributed by atoms with E-state index in [2.05, 4.69) is 35.4 Å². The molecule has 1 aromatic heterocycles. The van der Waals surface area contributed by atoms with Gasteiger partial charge in [0.15, 0.2) is 0 Å². The van der Waals surface area contributed by atoms with Crippen molar-refractivity contribution >= 4 is 52.2 Å². The molecule has 1 saturated carbocycles. The highest BCUT2D eigenvalue weighted by Gasteiger charge is 2.46. The number of benzene rings is 4. The third-order valence-corrected chi connectivity index (χ3v) is 14.2. The molecule has 2 N–H and O–H groups in total. The number of rotatable bonds is 11. The molecule has 0 bridgehead atoms. The Morgan fingerprint density at radius 3 is 2.42 bits per heavy atom. The van der Waals surface area contributed by atoms with Crippen LogP contribution < -0.4 is 20.3 Å². The fraction of sp³-hybridized carbons (Fsp3) is 0.388. The zero-order valence-corrected chi connectivity index (χ0v) is 36.4. The molecule has 5 amide bonds. The van der Waals surface area contributed by atoms with Crippen molar-refractivity contribution in [3.63, 3.8) is 0 Å². The number of carbonyl (C=O) groups excluding carboxylic acids is 5. The summed E-state index contributed by atoms with van der Waals surface area (Å²) in [6, 6.07) is 21.3. The van der Waals surface area contributed by atoms with Crippen molar-refractivity contribution in [2.75, 3.05) is 43.5 Å². The Kier molecular flexibility index (Phi) is 11.5. The molecule has 1 spiro atoms.